The first-order valence-electron chi connectivity index (χ1n) is 7.90. The molecule has 0 aliphatic heterocycles. The van der Waals surface area contributed by atoms with Crippen molar-refractivity contribution in [1.82, 2.24) is 4.98 Å². The number of halogens is 1. The zero-order chi connectivity index (χ0) is 14.8. The number of pyridine rings is 1. The average Bonchev–Trinajstić information content (AvgIpc) is 3.32. The van der Waals surface area contributed by atoms with Crippen molar-refractivity contribution >= 4 is 28.2 Å². The van der Waals surface area contributed by atoms with E-state index in [2.05, 4.69) is 43.0 Å². The molecule has 1 aliphatic rings. The van der Waals surface area contributed by atoms with Crippen molar-refractivity contribution in [2.45, 2.75) is 45.0 Å². The van der Waals surface area contributed by atoms with Crippen LogP contribution in [0.1, 0.15) is 38.7 Å². The molecule has 3 rings (SSSR count). The Bertz CT molecular complexity index is 620. The maximum Gasteiger partial charge on any atom is 0.136 e. The highest BCUT2D eigenvalue weighted by atomic mass is 35.5. The van der Waals surface area contributed by atoms with Gasteiger partial charge >= 0.3 is 0 Å². The van der Waals surface area contributed by atoms with Crippen LogP contribution in [0.15, 0.2) is 30.5 Å². The van der Waals surface area contributed by atoms with Crippen molar-refractivity contribution in [2.24, 2.45) is 5.92 Å². The highest BCUT2D eigenvalue weighted by Crippen LogP contribution is 2.36. The van der Waals surface area contributed by atoms with Gasteiger partial charge in [-0.1, -0.05) is 38.1 Å². The number of alkyl halides is 1. The lowest BCUT2D eigenvalue weighted by molar-refractivity contribution is 0.569. The van der Waals surface area contributed by atoms with E-state index in [1.165, 1.54) is 30.0 Å². The molecule has 0 saturated heterocycles. The second kappa shape index (κ2) is 6.23. The zero-order valence-electron chi connectivity index (χ0n) is 12.8. The van der Waals surface area contributed by atoms with E-state index in [1.54, 1.807) is 0 Å². The van der Waals surface area contributed by atoms with Crippen molar-refractivity contribution in [3.8, 4) is 0 Å². The van der Waals surface area contributed by atoms with Crippen LogP contribution in [-0.2, 0) is 5.88 Å². The van der Waals surface area contributed by atoms with Crippen LogP contribution >= 0.6 is 11.6 Å². The van der Waals surface area contributed by atoms with Gasteiger partial charge in [0.1, 0.15) is 5.82 Å². The van der Waals surface area contributed by atoms with Gasteiger partial charge in [-0.05, 0) is 36.1 Å². The minimum Gasteiger partial charge on any atom is -0.353 e. The molecule has 0 N–H and O–H groups in total. The van der Waals surface area contributed by atoms with Crippen LogP contribution < -0.4 is 4.90 Å². The SMILES string of the molecule is CC(C)CCN(c1ncc(CCl)c2ccccc12)C1CC1. The van der Waals surface area contributed by atoms with Crippen LogP contribution in [0.4, 0.5) is 5.82 Å². The van der Waals surface area contributed by atoms with Gasteiger partial charge < -0.3 is 4.90 Å². The fourth-order valence-electron chi connectivity index (χ4n) is 2.82. The van der Waals surface area contributed by atoms with E-state index in [9.17, 15) is 0 Å². The number of rotatable bonds is 6. The Balaban J connectivity index is 2.01. The Morgan fingerprint density at radius 1 is 1.24 bits per heavy atom. The molecule has 2 aromatic rings. The molecule has 1 aromatic heterocycles. The van der Waals surface area contributed by atoms with Crippen molar-refractivity contribution in [1.29, 1.82) is 0 Å². The molecule has 0 amide bonds. The van der Waals surface area contributed by atoms with Crippen LogP contribution in [0.3, 0.4) is 0 Å². The third kappa shape index (κ3) is 3.16. The average molecular weight is 303 g/mol. The summed E-state index contributed by atoms with van der Waals surface area (Å²) in [7, 11) is 0. The van der Waals surface area contributed by atoms with Crippen molar-refractivity contribution in [3.05, 3.63) is 36.0 Å². The molecule has 0 radical (unpaired) electrons. The van der Waals surface area contributed by atoms with Gasteiger partial charge in [-0.25, -0.2) is 4.98 Å². The van der Waals surface area contributed by atoms with Gasteiger partial charge in [-0.3, -0.25) is 0 Å². The second-order valence-electron chi connectivity index (χ2n) is 6.39. The highest BCUT2D eigenvalue weighted by molar-refractivity contribution is 6.18. The Morgan fingerprint density at radius 3 is 2.57 bits per heavy atom. The van der Waals surface area contributed by atoms with E-state index in [-0.39, 0.29) is 0 Å². The van der Waals surface area contributed by atoms with Crippen LogP contribution in [0.5, 0.6) is 0 Å². The molecule has 1 heterocycles. The topological polar surface area (TPSA) is 16.1 Å². The lowest BCUT2D eigenvalue weighted by atomic mass is 10.1. The van der Waals surface area contributed by atoms with E-state index in [4.69, 9.17) is 16.6 Å². The molecule has 21 heavy (non-hydrogen) atoms. The van der Waals surface area contributed by atoms with Crippen LogP contribution in [-0.4, -0.2) is 17.6 Å². The molecule has 1 saturated carbocycles. The standard InChI is InChI=1S/C18H23ClN2/c1-13(2)9-10-21(15-7-8-15)18-17-6-4-3-5-16(17)14(11-19)12-20-18/h3-6,12-13,15H,7-11H2,1-2H3. The minimum absolute atomic E-state index is 0.517. The molecule has 1 fully saturated rings. The molecule has 112 valence electrons. The highest BCUT2D eigenvalue weighted by Gasteiger charge is 2.30. The quantitative estimate of drug-likeness (QED) is 0.699. The predicted molar refractivity (Wildman–Crippen MR) is 91.1 cm³/mol. The lowest BCUT2D eigenvalue weighted by Crippen LogP contribution is -2.28. The van der Waals surface area contributed by atoms with Crippen molar-refractivity contribution in [2.75, 3.05) is 11.4 Å². The van der Waals surface area contributed by atoms with Gasteiger partial charge in [0.2, 0.25) is 0 Å². The summed E-state index contributed by atoms with van der Waals surface area (Å²) in [5.74, 6) is 2.38. The monoisotopic (exact) mass is 302 g/mol. The summed E-state index contributed by atoms with van der Waals surface area (Å²) in [4.78, 5) is 7.27. The largest absolute Gasteiger partial charge is 0.353 e. The predicted octanol–water partition coefficient (Wildman–Crippen LogP) is 4.99. The maximum absolute atomic E-state index is 6.06. The number of hydrogen-bond acceptors (Lipinski definition) is 2. The van der Waals surface area contributed by atoms with E-state index in [0.29, 0.717) is 11.9 Å². The molecular weight excluding hydrogens is 280 g/mol. The number of nitrogens with zero attached hydrogens (tertiary/aromatic N) is 2. The Hall–Kier alpha value is -1.28. The number of anilines is 1. The summed E-state index contributed by atoms with van der Waals surface area (Å²) in [5.41, 5.74) is 1.12. The van der Waals surface area contributed by atoms with Crippen LogP contribution in [0.2, 0.25) is 0 Å². The Morgan fingerprint density at radius 2 is 1.95 bits per heavy atom. The molecular formula is C18H23ClN2. The zero-order valence-corrected chi connectivity index (χ0v) is 13.6. The third-order valence-corrected chi connectivity index (χ3v) is 4.50. The van der Waals surface area contributed by atoms with E-state index >= 15 is 0 Å². The number of aromatic nitrogens is 1. The second-order valence-corrected chi connectivity index (χ2v) is 6.66. The third-order valence-electron chi connectivity index (χ3n) is 4.21. The fraction of sp³-hybridized carbons (Fsp3) is 0.500. The summed E-state index contributed by atoms with van der Waals surface area (Å²) in [6.07, 6.45) is 5.76. The summed E-state index contributed by atoms with van der Waals surface area (Å²) >= 11 is 6.06. The van der Waals surface area contributed by atoms with Gasteiger partial charge in [-0.15, -0.1) is 11.6 Å². The first kappa shape index (κ1) is 14.6. The summed E-state index contributed by atoms with van der Waals surface area (Å²) in [6.45, 7) is 5.67. The van der Waals surface area contributed by atoms with Crippen molar-refractivity contribution < 1.29 is 0 Å². The minimum atomic E-state index is 0.517. The molecule has 0 atom stereocenters. The maximum atomic E-state index is 6.06. The number of hydrogen-bond donors (Lipinski definition) is 0. The first-order chi connectivity index (χ1) is 10.2. The lowest BCUT2D eigenvalue weighted by Gasteiger charge is -2.26. The Labute approximate surface area is 132 Å². The van der Waals surface area contributed by atoms with Gasteiger partial charge in [-0.2, -0.15) is 0 Å². The van der Waals surface area contributed by atoms with Crippen LogP contribution in [0, 0.1) is 5.92 Å². The van der Waals surface area contributed by atoms with E-state index < -0.39 is 0 Å². The smallest absolute Gasteiger partial charge is 0.136 e. The summed E-state index contributed by atoms with van der Waals surface area (Å²) in [5, 5.41) is 2.49. The number of fused-ring (bicyclic) bond motifs is 1. The first-order valence-corrected chi connectivity index (χ1v) is 8.43. The van der Waals surface area contributed by atoms with Gasteiger partial charge in [0, 0.05) is 30.0 Å². The normalized spacial score (nSPS) is 14.9. The molecule has 3 heteroatoms. The van der Waals surface area contributed by atoms with E-state index in [1.807, 2.05) is 6.20 Å². The molecule has 1 aromatic carbocycles. The fourth-order valence-corrected chi connectivity index (χ4v) is 3.03. The summed E-state index contributed by atoms with van der Waals surface area (Å²) in [6, 6.07) is 9.20. The van der Waals surface area contributed by atoms with Gasteiger partial charge in [0.25, 0.3) is 0 Å². The van der Waals surface area contributed by atoms with Crippen molar-refractivity contribution in [3.63, 3.8) is 0 Å². The molecule has 0 bridgehead atoms. The molecule has 0 unspecified atom stereocenters. The van der Waals surface area contributed by atoms with Gasteiger partial charge in [0.15, 0.2) is 0 Å². The molecule has 0 spiro atoms. The van der Waals surface area contributed by atoms with Crippen LogP contribution in [0.25, 0.3) is 10.8 Å². The number of benzene rings is 1. The molecule has 1 aliphatic carbocycles. The summed E-state index contributed by atoms with van der Waals surface area (Å²) < 4.78 is 0. The Kier molecular flexibility index (Phi) is 4.34. The van der Waals surface area contributed by atoms with E-state index in [0.717, 1.165) is 23.8 Å². The van der Waals surface area contributed by atoms with Gasteiger partial charge in [0.05, 0.1) is 0 Å². The molecule has 2 nitrogen and oxygen atoms in total.